The molecule has 0 aliphatic carbocycles. The second-order valence-corrected chi connectivity index (χ2v) is 2.69. The molecule has 0 spiro atoms. The third-order valence-electron chi connectivity index (χ3n) is 1.53. The highest BCUT2D eigenvalue weighted by molar-refractivity contribution is 6.34. The van der Waals surface area contributed by atoms with Gasteiger partial charge in [-0.2, -0.15) is 0 Å². The Morgan fingerprint density at radius 1 is 1.08 bits per heavy atom. The van der Waals surface area contributed by atoms with E-state index in [0.29, 0.717) is 10.5 Å². The van der Waals surface area contributed by atoms with E-state index >= 15 is 0 Å². The van der Waals surface area contributed by atoms with Crippen LogP contribution in [0.2, 0.25) is 5.02 Å². The number of fused-ring (bicyclic) bond motifs is 1. The molecule has 2 rings (SSSR count). The van der Waals surface area contributed by atoms with Gasteiger partial charge in [-0.15, -0.1) is 0 Å². The van der Waals surface area contributed by atoms with Gasteiger partial charge >= 0.3 is 0 Å². The van der Waals surface area contributed by atoms with Crippen molar-refractivity contribution in [2.45, 2.75) is 0 Å². The Labute approximate surface area is 73.0 Å². The summed E-state index contributed by atoms with van der Waals surface area (Å²) in [5.74, 6) is -0.400. The lowest BCUT2D eigenvalue weighted by Crippen LogP contribution is -1.86. The van der Waals surface area contributed by atoms with Gasteiger partial charge in [0.2, 0.25) is 0 Å². The van der Waals surface area contributed by atoms with E-state index in [2.05, 4.69) is 9.97 Å². The number of nitrogens with zero attached hydrogens (tertiary/aromatic N) is 2. The monoisotopic (exact) mass is 182 g/mol. The number of halogens is 2. The van der Waals surface area contributed by atoms with Crippen LogP contribution in [0.25, 0.3) is 11.0 Å². The first kappa shape index (κ1) is 7.43. The van der Waals surface area contributed by atoms with E-state index in [1.807, 2.05) is 0 Å². The van der Waals surface area contributed by atoms with E-state index in [1.165, 1.54) is 24.5 Å². The molecule has 1 aromatic heterocycles. The summed E-state index contributed by atoms with van der Waals surface area (Å²) >= 11 is 5.76. The minimum absolute atomic E-state index is 0.213. The summed E-state index contributed by atoms with van der Waals surface area (Å²) in [6, 6.07) is 2.74. The summed E-state index contributed by atoms with van der Waals surface area (Å²) < 4.78 is 13.0. The van der Waals surface area contributed by atoms with Crippen LogP contribution in [0.3, 0.4) is 0 Å². The largest absolute Gasteiger partial charge is 0.251 e. The lowest BCUT2D eigenvalue weighted by molar-refractivity contribution is 0.636. The summed E-state index contributed by atoms with van der Waals surface area (Å²) in [4.78, 5) is 7.73. The quantitative estimate of drug-likeness (QED) is 0.625. The van der Waals surface area contributed by atoms with Crippen LogP contribution in [0, 0.1) is 5.82 Å². The third kappa shape index (κ3) is 1.02. The molecule has 0 amide bonds. The SMILES string of the molecule is Fc1ccc(Cl)c2nccnc12. The molecule has 0 aliphatic heterocycles. The Kier molecular flexibility index (Phi) is 1.66. The Bertz CT molecular complexity index is 390. The molecule has 2 aromatic rings. The van der Waals surface area contributed by atoms with Crippen LogP contribution >= 0.6 is 11.6 Å². The fourth-order valence-corrected chi connectivity index (χ4v) is 1.19. The van der Waals surface area contributed by atoms with Crippen LogP contribution in [0.15, 0.2) is 24.5 Å². The Morgan fingerprint density at radius 2 is 1.75 bits per heavy atom. The molecule has 0 atom stereocenters. The maximum atomic E-state index is 13.0. The molecule has 0 N–H and O–H groups in total. The molecule has 4 heteroatoms. The van der Waals surface area contributed by atoms with Gasteiger partial charge < -0.3 is 0 Å². The standard InChI is InChI=1S/C8H4ClFN2/c9-5-1-2-6(10)8-7(5)11-3-4-12-8/h1-4H. The van der Waals surface area contributed by atoms with E-state index in [1.54, 1.807) is 0 Å². The number of rotatable bonds is 0. The van der Waals surface area contributed by atoms with Crippen molar-refractivity contribution in [2.24, 2.45) is 0 Å². The van der Waals surface area contributed by atoms with Crippen molar-refractivity contribution < 1.29 is 4.39 Å². The van der Waals surface area contributed by atoms with Gasteiger partial charge in [0, 0.05) is 12.4 Å². The molecule has 2 nitrogen and oxygen atoms in total. The molecular weight excluding hydrogens is 179 g/mol. The van der Waals surface area contributed by atoms with Gasteiger partial charge in [0.05, 0.1) is 5.02 Å². The molecule has 0 saturated carbocycles. The van der Waals surface area contributed by atoms with Gasteiger partial charge in [-0.05, 0) is 12.1 Å². The highest BCUT2D eigenvalue weighted by Gasteiger charge is 2.04. The van der Waals surface area contributed by atoms with Crippen LogP contribution in [0.4, 0.5) is 4.39 Å². The molecular formula is C8H4ClFN2. The van der Waals surface area contributed by atoms with Crippen molar-refractivity contribution in [2.75, 3.05) is 0 Å². The summed E-state index contributed by atoms with van der Waals surface area (Å²) in [7, 11) is 0. The summed E-state index contributed by atoms with van der Waals surface area (Å²) in [6.07, 6.45) is 2.91. The topological polar surface area (TPSA) is 25.8 Å². The second-order valence-electron chi connectivity index (χ2n) is 2.28. The van der Waals surface area contributed by atoms with Gasteiger partial charge in [-0.3, -0.25) is 4.98 Å². The lowest BCUT2D eigenvalue weighted by atomic mass is 10.3. The molecule has 0 saturated heterocycles. The highest BCUT2D eigenvalue weighted by atomic mass is 35.5. The minimum atomic E-state index is -0.400. The molecule has 12 heavy (non-hydrogen) atoms. The smallest absolute Gasteiger partial charge is 0.151 e. The first-order valence-corrected chi connectivity index (χ1v) is 3.71. The fraction of sp³-hybridized carbons (Fsp3) is 0. The first-order chi connectivity index (χ1) is 5.79. The zero-order valence-corrected chi connectivity index (χ0v) is 6.72. The summed E-state index contributed by atoms with van der Waals surface area (Å²) in [5.41, 5.74) is 0.615. The van der Waals surface area contributed by atoms with Gasteiger partial charge in [-0.1, -0.05) is 11.6 Å². The second kappa shape index (κ2) is 2.68. The van der Waals surface area contributed by atoms with Gasteiger partial charge in [-0.25, -0.2) is 9.37 Å². The Morgan fingerprint density at radius 3 is 2.42 bits per heavy atom. The zero-order valence-electron chi connectivity index (χ0n) is 5.96. The average molecular weight is 183 g/mol. The van der Waals surface area contributed by atoms with Crippen molar-refractivity contribution in [3.63, 3.8) is 0 Å². The molecule has 1 aromatic carbocycles. The van der Waals surface area contributed by atoms with Crippen LogP contribution in [0.5, 0.6) is 0 Å². The Hall–Kier alpha value is -1.22. The minimum Gasteiger partial charge on any atom is -0.251 e. The predicted octanol–water partition coefficient (Wildman–Crippen LogP) is 2.42. The van der Waals surface area contributed by atoms with Crippen molar-refractivity contribution in [3.05, 3.63) is 35.4 Å². The molecule has 60 valence electrons. The predicted molar refractivity (Wildman–Crippen MR) is 44.5 cm³/mol. The Balaban J connectivity index is 2.95. The fourth-order valence-electron chi connectivity index (χ4n) is 0.992. The molecule has 0 radical (unpaired) electrons. The summed E-state index contributed by atoms with van der Waals surface area (Å²) in [5, 5.41) is 0.416. The van der Waals surface area contributed by atoms with Crippen molar-refractivity contribution in [1.82, 2.24) is 9.97 Å². The zero-order chi connectivity index (χ0) is 8.55. The summed E-state index contributed by atoms with van der Waals surface area (Å²) in [6.45, 7) is 0. The third-order valence-corrected chi connectivity index (χ3v) is 1.83. The highest BCUT2D eigenvalue weighted by Crippen LogP contribution is 2.21. The van der Waals surface area contributed by atoms with Gasteiger partial charge in [0.1, 0.15) is 11.0 Å². The van der Waals surface area contributed by atoms with Crippen LogP contribution in [-0.4, -0.2) is 9.97 Å². The molecule has 1 heterocycles. The van der Waals surface area contributed by atoms with E-state index in [4.69, 9.17) is 11.6 Å². The van der Waals surface area contributed by atoms with E-state index < -0.39 is 5.82 Å². The van der Waals surface area contributed by atoms with Crippen molar-refractivity contribution in [1.29, 1.82) is 0 Å². The van der Waals surface area contributed by atoms with Crippen LogP contribution < -0.4 is 0 Å². The molecule has 0 aliphatic rings. The average Bonchev–Trinajstić information content (AvgIpc) is 2.12. The van der Waals surface area contributed by atoms with Crippen LogP contribution in [0.1, 0.15) is 0 Å². The molecule has 0 unspecified atom stereocenters. The molecule has 0 fully saturated rings. The van der Waals surface area contributed by atoms with E-state index in [-0.39, 0.29) is 5.52 Å². The first-order valence-electron chi connectivity index (χ1n) is 3.34. The lowest BCUT2D eigenvalue weighted by Gasteiger charge is -1.97. The van der Waals surface area contributed by atoms with Crippen molar-refractivity contribution >= 4 is 22.6 Å². The van der Waals surface area contributed by atoms with E-state index in [0.717, 1.165) is 0 Å². The number of hydrogen-bond acceptors (Lipinski definition) is 2. The van der Waals surface area contributed by atoms with E-state index in [9.17, 15) is 4.39 Å². The maximum Gasteiger partial charge on any atom is 0.151 e. The van der Waals surface area contributed by atoms with Crippen LogP contribution in [-0.2, 0) is 0 Å². The maximum absolute atomic E-state index is 13.0. The normalized spacial score (nSPS) is 10.5. The van der Waals surface area contributed by atoms with Gasteiger partial charge in [0.15, 0.2) is 5.82 Å². The molecule has 0 bridgehead atoms. The number of benzene rings is 1. The van der Waals surface area contributed by atoms with Gasteiger partial charge in [0.25, 0.3) is 0 Å². The number of hydrogen-bond donors (Lipinski definition) is 0. The number of aromatic nitrogens is 2. The van der Waals surface area contributed by atoms with Crippen molar-refractivity contribution in [3.8, 4) is 0 Å².